The summed E-state index contributed by atoms with van der Waals surface area (Å²) in [4.78, 5) is 25.7. The van der Waals surface area contributed by atoms with Gasteiger partial charge in [-0.3, -0.25) is 19.9 Å². The van der Waals surface area contributed by atoms with Gasteiger partial charge in [-0.1, -0.05) is 6.07 Å². The van der Waals surface area contributed by atoms with Crippen molar-refractivity contribution in [3.8, 4) is 5.75 Å². The summed E-state index contributed by atoms with van der Waals surface area (Å²) in [6, 6.07) is 8.75. The second-order valence-electron chi connectivity index (χ2n) is 3.96. The van der Waals surface area contributed by atoms with E-state index >= 15 is 0 Å². The average Bonchev–Trinajstić information content (AvgIpc) is 2.45. The molecule has 0 unspecified atom stereocenters. The molecule has 1 heterocycles. The van der Waals surface area contributed by atoms with Crippen molar-refractivity contribution in [2.24, 2.45) is 0 Å². The molecule has 2 aromatic rings. The van der Waals surface area contributed by atoms with Gasteiger partial charge in [-0.2, -0.15) is 0 Å². The number of phenols is 1. The molecule has 0 fully saturated rings. The molecule has 0 bridgehead atoms. The maximum absolute atomic E-state index is 11.8. The Hall–Kier alpha value is -2.96. The molecule has 0 saturated carbocycles. The van der Waals surface area contributed by atoms with Crippen LogP contribution in [0.2, 0.25) is 0 Å². The molecule has 1 amide bonds. The Kier molecular flexibility index (Phi) is 3.90. The minimum absolute atomic E-state index is 0.143. The van der Waals surface area contributed by atoms with Crippen LogP contribution in [0, 0.1) is 10.1 Å². The molecule has 1 aromatic carbocycles. The zero-order valence-corrected chi connectivity index (χ0v) is 10.3. The van der Waals surface area contributed by atoms with Crippen molar-refractivity contribution < 1.29 is 14.8 Å². The van der Waals surface area contributed by atoms with Gasteiger partial charge in [0.15, 0.2) is 5.75 Å². The molecule has 2 N–H and O–H groups in total. The monoisotopic (exact) mass is 273 g/mol. The second-order valence-corrected chi connectivity index (χ2v) is 3.96. The third kappa shape index (κ3) is 3.08. The number of benzene rings is 1. The van der Waals surface area contributed by atoms with Crippen LogP contribution in [-0.2, 0) is 6.54 Å². The lowest BCUT2D eigenvalue weighted by Crippen LogP contribution is -2.23. The first-order valence-corrected chi connectivity index (χ1v) is 5.73. The fourth-order valence-corrected chi connectivity index (χ4v) is 1.59. The standard InChI is InChI=1S/C13H11N3O4/c17-12-7-9(4-5-11(12)16(19)20)13(18)15-8-10-3-1-2-6-14-10/h1-7,17H,8H2,(H,15,18). The number of amides is 1. The Morgan fingerprint density at radius 2 is 2.15 bits per heavy atom. The third-order valence-electron chi connectivity index (χ3n) is 2.59. The highest BCUT2D eigenvalue weighted by Gasteiger charge is 2.15. The van der Waals surface area contributed by atoms with Crippen LogP contribution < -0.4 is 5.32 Å². The molecule has 1 aromatic heterocycles. The largest absolute Gasteiger partial charge is 0.502 e. The SMILES string of the molecule is O=C(NCc1ccccn1)c1ccc([N+](=O)[O-])c(O)c1. The van der Waals surface area contributed by atoms with E-state index in [0.717, 1.165) is 12.1 Å². The van der Waals surface area contributed by atoms with Crippen molar-refractivity contribution in [2.45, 2.75) is 6.54 Å². The van der Waals surface area contributed by atoms with Crippen LogP contribution in [-0.4, -0.2) is 20.9 Å². The number of nitro groups is 1. The lowest BCUT2D eigenvalue weighted by molar-refractivity contribution is -0.385. The number of carbonyl (C=O) groups excluding carboxylic acids is 1. The number of aromatic nitrogens is 1. The van der Waals surface area contributed by atoms with Crippen LogP contribution in [0.4, 0.5) is 5.69 Å². The van der Waals surface area contributed by atoms with Crippen molar-refractivity contribution in [3.05, 3.63) is 64.0 Å². The number of phenolic OH excluding ortho intramolecular Hbond substituents is 1. The Bertz CT molecular complexity index is 643. The fraction of sp³-hybridized carbons (Fsp3) is 0.0769. The highest BCUT2D eigenvalue weighted by Crippen LogP contribution is 2.26. The van der Waals surface area contributed by atoms with E-state index < -0.39 is 22.3 Å². The lowest BCUT2D eigenvalue weighted by atomic mass is 10.1. The highest BCUT2D eigenvalue weighted by molar-refractivity contribution is 5.94. The van der Waals surface area contributed by atoms with Gasteiger partial charge >= 0.3 is 5.69 Å². The molecule has 0 aliphatic heterocycles. The van der Waals surface area contributed by atoms with E-state index in [1.807, 2.05) is 0 Å². The molecule has 0 saturated heterocycles. The van der Waals surface area contributed by atoms with Crippen LogP contribution in [0.15, 0.2) is 42.6 Å². The first-order valence-electron chi connectivity index (χ1n) is 5.73. The molecule has 2 rings (SSSR count). The predicted octanol–water partition coefficient (Wildman–Crippen LogP) is 1.63. The molecule has 7 heteroatoms. The number of aromatic hydroxyl groups is 1. The Morgan fingerprint density at radius 1 is 1.35 bits per heavy atom. The molecule has 0 aliphatic rings. The number of rotatable bonds is 4. The minimum Gasteiger partial charge on any atom is -0.502 e. The summed E-state index contributed by atoms with van der Waals surface area (Å²) < 4.78 is 0. The van der Waals surface area contributed by atoms with Gasteiger partial charge in [0.2, 0.25) is 0 Å². The molecule has 102 valence electrons. The topological polar surface area (TPSA) is 105 Å². The van der Waals surface area contributed by atoms with Crippen LogP contribution >= 0.6 is 0 Å². The Labute approximate surface area is 114 Å². The van der Waals surface area contributed by atoms with E-state index in [9.17, 15) is 20.0 Å². The van der Waals surface area contributed by atoms with Crippen LogP contribution in [0.1, 0.15) is 16.1 Å². The predicted molar refractivity (Wildman–Crippen MR) is 70.2 cm³/mol. The van der Waals surface area contributed by atoms with Crippen molar-refractivity contribution in [1.82, 2.24) is 10.3 Å². The number of nitrogens with one attached hydrogen (secondary N) is 1. The number of carbonyl (C=O) groups is 1. The van der Waals surface area contributed by atoms with Gasteiger partial charge < -0.3 is 10.4 Å². The molecule has 0 radical (unpaired) electrons. The van der Waals surface area contributed by atoms with Crippen LogP contribution in [0.25, 0.3) is 0 Å². The summed E-state index contributed by atoms with van der Waals surface area (Å²) in [5.41, 5.74) is 0.391. The summed E-state index contributed by atoms with van der Waals surface area (Å²) in [7, 11) is 0. The second kappa shape index (κ2) is 5.79. The molecular weight excluding hydrogens is 262 g/mol. The van der Waals surface area contributed by atoms with E-state index in [1.54, 1.807) is 24.4 Å². The number of nitro benzene ring substituents is 1. The summed E-state index contributed by atoms with van der Waals surface area (Å²) in [6.45, 7) is 0.234. The highest BCUT2D eigenvalue weighted by atomic mass is 16.6. The van der Waals surface area contributed by atoms with Crippen LogP contribution in [0.3, 0.4) is 0 Å². The molecule has 0 aliphatic carbocycles. The summed E-state index contributed by atoms with van der Waals surface area (Å²) in [6.07, 6.45) is 1.61. The number of pyridine rings is 1. The van der Waals surface area contributed by atoms with Gasteiger partial charge in [0, 0.05) is 17.8 Å². The van der Waals surface area contributed by atoms with E-state index in [2.05, 4.69) is 10.3 Å². The van der Waals surface area contributed by atoms with E-state index in [1.165, 1.54) is 6.07 Å². The van der Waals surface area contributed by atoms with E-state index in [0.29, 0.717) is 5.69 Å². The molecule has 0 atom stereocenters. The normalized spacial score (nSPS) is 10.0. The average molecular weight is 273 g/mol. The molecular formula is C13H11N3O4. The smallest absolute Gasteiger partial charge is 0.310 e. The summed E-state index contributed by atoms with van der Waals surface area (Å²) in [5.74, 6) is -0.985. The summed E-state index contributed by atoms with van der Waals surface area (Å²) >= 11 is 0. The van der Waals surface area contributed by atoms with Crippen LogP contribution in [0.5, 0.6) is 5.75 Å². The molecule has 0 spiro atoms. The number of hydrogen-bond donors (Lipinski definition) is 2. The van der Waals surface area contributed by atoms with Gasteiger partial charge in [0.05, 0.1) is 17.2 Å². The quantitative estimate of drug-likeness (QED) is 0.650. The van der Waals surface area contributed by atoms with Gasteiger partial charge in [-0.15, -0.1) is 0 Å². The first kappa shape index (κ1) is 13.5. The Balaban J connectivity index is 2.06. The van der Waals surface area contributed by atoms with Gasteiger partial charge in [-0.05, 0) is 24.3 Å². The van der Waals surface area contributed by atoms with E-state index in [-0.39, 0.29) is 12.1 Å². The number of hydrogen-bond acceptors (Lipinski definition) is 5. The zero-order chi connectivity index (χ0) is 14.5. The lowest BCUT2D eigenvalue weighted by Gasteiger charge is -2.05. The van der Waals surface area contributed by atoms with Crippen molar-refractivity contribution >= 4 is 11.6 Å². The summed E-state index contributed by atoms with van der Waals surface area (Å²) in [5, 5.41) is 22.6. The first-order chi connectivity index (χ1) is 9.58. The van der Waals surface area contributed by atoms with Gasteiger partial charge in [-0.25, -0.2) is 0 Å². The van der Waals surface area contributed by atoms with E-state index in [4.69, 9.17) is 0 Å². The van der Waals surface area contributed by atoms with Crippen molar-refractivity contribution in [2.75, 3.05) is 0 Å². The van der Waals surface area contributed by atoms with Crippen molar-refractivity contribution in [1.29, 1.82) is 0 Å². The third-order valence-corrected chi connectivity index (χ3v) is 2.59. The van der Waals surface area contributed by atoms with Gasteiger partial charge in [0.25, 0.3) is 5.91 Å². The van der Waals surface area contributed by atoms with Crippen molar-refractivity contribution in [3.63, 3.8) is 0 Å². The molecule has 7 nitrogen and oxygen atoms in total. The molecule has 20 heavy (non-hydrogen) atoms. The fourth-order valence-electron chi connectivity index (χ4n) is 1.59. The zero-order valence-electron chi connectivity index (χ0n) is 10.3. The maximum atomic E-state index is 11.8. The number of nitrogens with zero attached hydrogens (tertiary/aromatic N) is 2. The minimum atomic E-state index is -0.717. The van der Waals surface area contributed by atoms with Gasteiger partial charge in [0.1, 0.15) is 0 Å². The Morgan fingerprint density at radius 3 is 2.75 bits per heavy atom. The maximum Gasteiger partial charge on any atom is 0.310 e.